The van der Waals surface area contributed by atoms with Crippen molar-refractivity contribution in [1.29, 1.82) is 0 Å². The number of benzene rings is 2. The first-order valence-corrected chi connectivity index (χ1v) is 9.22. The third-order valence-corrected chi connectivity index (χ3v) is 5.47. The number of carbonyl (C=O) groups is 1. The lowest BCUT2D eigenvalue weighted by molar-refractivity contribution is 0.0993. The second kappa shape index (κ2) is 6.57. The van der Waals surface area contributed by atoms with Gasteiger partial charge in [-0.25, -0.2) is 0 Å². The molecule has 0 radical (unpaired) electrons. The van der Waals surface area contributed by atoms with Crippen LogP contribution in [0, 0.1) is 13.8 Å². The number of nitrogens with zero attached hydrogens (tertiary/aromatic N) is 2. The quantitative estimate of drug-likeness (QED) is 0.646. The van der Waals surface area contributed by atoms with Gasteiger partial charge < -0.3 is 5.32 Å². The Balaban J connectivity index is 1.77. The van der Waals surface area contributed by atoms with Crippen LogP contribution in [0.2, 0.25) is 0 Å². The van der Waals surface area contributed by atoms with Crippen LogP contribution in [0.1, 0.15) is 33.3 Å². The highest BCUT2D eigenvalue weighted by molar-refractivity contribution is 9.10. The number of anilines is 2. The summed E-state index contributed by atoms with van der Waals surface area (Å²) in [5, 5.41) is 3.48. The zero-order chi connectivity index (χ0) is 18.3. The molecule has 26 heavy (non-hydrogen) atoms. The van der Waals surface area contributed by atoms with Crippen molar-refractivity contribution in [3.63, 3.8) is 0 Å². The van der Waals surface area contributed by atoms with Gasteiger partial charge in [-0.2, -0.15) is 0 Å². The van der Waals surface area contributed by atoms with E-state index in [0.29, 0.717) is 5.56 Å². The monoisotopic (exact) mass is 407 g/mol. The van der Waals surface area contributed by atoms with Crippen molar-refractivity contribution >= 4 is 33.2 Å². The Morgan fingerprint density at radius 2 is 1.85 bits per heavy atom. The predicted octanol–water partition coefficient (Wildman–Crippen LogP) is 5.23. The third-order valence-electron chi connectivity index (χ3n) is 4.58. The van der Waals surface area contributed by atoms with Crippen LogP contribution in [-0.4, -0.2) is 10.9 Å². The van der Waals surface area contributed by atoms with E-state index >= 15 is 0 Å². The molecule has 4 rings (SSSR count). The normalized spacial score (nSPS) is 15.9. The Hall–Kier alpha value is -2.66. The Kier molecular flexibility index (Phi) is 4.24. The topological polar surface area (TPSA) is 45.2 Å². The number of hydrogen-bond acceptors (Lipinski definition) is 3. The minimum Gasteiger partial charge on any atom is -0.360 e. The SMILES string of the molecule is Cc1ccc(N2C(=O)c3cccnc3[C@H]2Nc2ccc(Br)c(C)c2)cc1. The van der Waals surface area contributed by atoms with Crippen LogP contribution in [0.3, 0.4) is 0 Å². The molecule has 0 saturated heterocycles. The zero-order valence-electron chi connectivity index (χ0n) is 14.5. The molecule has 0 unspecified atom stereocenters. The summed E-state index contributed by atoms with van der Waals surface area (Å²) in [6, 6.07) is 17.7. The molecule has 1 aromatic heterocycles. The fourth-order valence-electron chi connectivity index (χ4n) is 3.18. The molecule has 1 amide bonds. The first-order chi connectivity index (χ1) is 12.5. The van der Waals surface area contributed by atoms with Crippen molar-refractivity contribution in [3.8, 4) is 0 Å². The van der Waals surface area contributed by atoms with Gasteiger partial charge in [0, 0.05) is 22.0 Å². The minimum absolute atomic E-state index is 0.0386. The summed E-state index contributed by atoms with van der Waals surface area (Å²) >= 11 is 3.53. The number of carbonyl (C=O) groups excluding carboxylic acids is 1. The Morgan fingerprint density at radius 1 is 1.08 bits per heavy atom. The molecule has 3 aromatic rings. The predicted molar refractivity (Wildman–Crippen MR) is 107 cm³/mol. The van der Waals surface area contributed by atoms with Gasteiger partial charge in [-0.15, -0.1) is 0 Å². The number of hydrogen-bond donors (Lipinski definition) is 1. The molecular formula is C21H18BrN3O. The van der Waals surface area contributed by atoms with E-state index in [1.165, 1.54) is 0 Å². The lowest BCUT2D eigenvalue weighted by Crippen LogP contribution is -2.32. The van der Waals surface area contributed by atoms with Gasteiger partial charge in [0.2, 0.25) is 0 Å². The lowest BCUT2D eigenvalue weighted by atomic mass is 10.2. The molecular weight excluding hydrogens is 390 g/mol. The maximum absolute atomic E-state index is 13.0. The van der Waals surface area contributed by atoms with Crippen LogP contribution in [0.15, 0.2) is 65.3 Å². The summed E-state index contributed by atoms with van der Waals surface area (Å²) in [6.45, 7) is 4.07. The van der Waals surface area contributed by atoms with Crippen molar-refractivity contribution < 1.29 is 4.79 Å². The highest BCUT2D eigenvalue weighted by atomic mass is 79.9. The number of fused-ring (bicyclic) bond motifs is 1. The van der Waals surface area contributed by atoms with E-state index in [4.69, 9.17) is 0 Å². The summed E-state index contributed by atoms with van der Waals surface area (Å²) in [5.41, 5.74) is 5.47. The fraction of sp³-hybridized carbons (Fsp3) is 0.143. The number of amides is 1. The molecule has 0 fully saturated rings. The van der Waals surface area contributed by atoms with Crippen LogP contribution >= 0.6 is 15.9 Å². The molecule has 2 aromatic carbocycles. The van der Waals surface area contributed by atoms with Gasteiger partial charge in [0.15, 0.2) is 6.17 Å². The second-order valence-corrected chi connectivity index (χ2v) is 7.31. The van der Waals surface area contributed by atoms with E-state index < -0.39 is 0 Å². The summed E-state index contributed by atoms with van der Waals surface area (Å²) in [5.74, 6) is -0.0386. The second-order valence-electron chi connectivity index (χ2n) is 6.46. The van der Waals surface area contributed by atoms with Gasteiger partial charge in [0.1, 0.15) is 0 Å². The largest absolute Gasteiger partial charge is 0.360 e. The Morgan fingerprint density at radius 3 is 2.58 bits per heavy atom. The van der Waals surface area contributed by atoms with E-state index in [-0.39, 0.29) is 12.1 Å². The molecule has 0 bridgehead atoms. The highest BCUT2D eigenvalue weighted by Crippen LogP contribution is 2.37. The molecule has 5 heteroatoms. The molecule has 1 N–H and O–H groups in total. The van der Waals surface area contributed by atoms with Gasteiger partial charge >= 0.3 is 0 Å². The van der Waals surface area contributed by atoms with Crippen molar-refractivity contribution in [2.24, 2.45) is 0 Å². The van der Waals surface area contributed by atoms with Crippen LogP contribution in [0.5, 0.6) is 0 Å². The van der Waals surface area contributed by atoms with Crippen LogP contribution in [0.4, 0.5) is 11.4 Å². The van der Waals surface area contributed by atoms with Crippen LogP contribution in [-0.2, 0) is 0 Å². The fourth-order valence-corrected chi connectivity index (χ4v) is 3.43. The Labute approximate surface area is 161 Å². The van der Waals surface area contributed by atoms with Crippen molar-refractivity contribution in [2.45, 2.75) is 20.0 Å². The van der Waals surface area contributed by atoms with Gasteiger partial charge in [-0.3, -0.25) is 14.7 Å². The van der Waals surface area contributed by atoms with Gasteiger partial charge in [-0.05, 0) is 61.9 Å². The van der Waals surface area contributed by atoms with Crippen LogP contribution < -0.4 is 10.2 Å². The van der Waals surface area contributed by atoms with Gasteiger partial charge in [0.05, 0.1) is 11.3 Å². The number of aryl methyl sites for hydroxylation is 2. The van der Waals surface area contributed by atoms with Crippen molar-refractivity contribution in [3.05, 3.63) is 87.7 Å². The first-order valence-electron chi connectivity index (χ1n) is 8.42. The summed E-state index contributed by atoms with van der Waals surface area (Å²) in [6.07, 6.45) is 1.38. The summed E-state index contributed by atoms with van der Waals surface area (Å²) in [4.78, 5) is 19.3. The van der Waals surface area contributed by atoms with E-state index in [1.807, 2.05) is 56.3 Å². The number of nitrogens with one attached hydrogen (secondary N) is 1. The zero-order valence-corrected chi connectivity index (χ0v) is 16.1. The Bertz CT molecular complexity index is 985. The number of rotatable bonds is 3. The van der Waals surface area contributed by atoms with E-state index in [0.717, 1.165) is 32.7 Å². The third kappa shape index (κ3) is 2.88. The number of halogens is 1. The molecule has 4 nitrogen and oxygen atoms in total. The van der Waals surface area contributed by atoms with Gasteiger partial charge in [-0.1, -0.05) is 33.6 Å². The van der Waals surface area contributed by atoms with Crippen LogP contribution in [0.25, 0.3) is 0 Å². The van der Waals surface area contributed by atoms with Crippen molar-refractivity contribution in [1.82, 2.24) is 4.98 Å². The summed E-state index contributed by atoms with van der Waals surface area (Å²) in [7, 11) is 0. The van der Waals surface area contributed by atoms with E-state index in [2.05, 4.69) is 32.3 Å². The number of aromatic nitrogens is 1. The average molecular weight is 408 g/mol. The summed E-state index contributed by atoms with van der Waals surface area (Å²) < 4.78 is 1.06. The minimum atomic E-state index is -0.345. The standard InChI is InChI=1S/C21H18BrN3O/c1-13-5-8-16(9-6-13)25-20(19-17(21(25)26)4-3-11-23-19)24-15-7-10-18(22)14(2)12-15/h3-12,20,24H,1-2H3/t20-/m0/s1. The molecule has 0 aliphatic carbocycles. The van der Waals surface area contributed by atoms with Gasteiger partial charge in [0.25, 0.3) is 5.91 Å². The lowest BCUT2D eigenvalue weighted by Gasteiger charge is -2.27. The molecule has 1 aliphatic heterocycles. The molecule has 2 heterocycles. The average Bonchev–Trinajstić information content (AvgIpc) is 2.92. The molecule has 0 spiro atoms. The highest BCUT2D eigenvalue weighted by Gasteiger charge is 2.38. The van der Waals surface area contributed by atoms with E-state index in [1.54, 1.807) is 17.2 Å². The van der Waals surface area contributed by atoms with Crippen molar-refractivity contribution in [2.75, 3.05) is 10.2 Å². The first kappa shape index (κ1) is 16.8. The molecule has 1 aliphatic rings. The maximum atomic E-state index is 13.0. The van der Waals surface area contributed by atoms with E-state index in [9.17, 15) is 4.79 Å². The molecule has 1 atom stereocenters. The maximum Gasteiger partial charge on any atom is 0.262 e. The number of pyridine rings is 1. The molecule has 0 saturated carbocycles. The smallest absolute Gasteiger partial charge is 0.262 e. The molecule has 130 valence electrons.